The summed E-state index contributed by atoms with van der Waals surface area (Å²) in [6.07, 6.45) is 5.87. The number of hydrogen-bond donors (Lipinski definition) is 1. The number of allylic oxidation sites excluding steroid dienone is 1. The molecular weight excluding hydrogens is 294 g/mol. The molecule has 0 aliphatic carbocycles. The van der Waals surface area contributed by atoms with E-state index in [9.17, 15) is 9.90 Å². The Morgan fingerprint density at radius 3 is 2.70 bits per heavy atom. The van der Waals surface area contributed by atoms with E-state index in [1.165, 1.54) is 4.57 Å². The second-order valence-electron chi connectivity index (χ2n) is 5.22. The van der Waals surface area contributed by atoms with Gasteiger partial charge in [0.15, 0.2) is 5.75 Å². The molecule has 0 bridgehead atoms. The maximum atomic E-state index is 12.4. The molecule has 0 radical (unpaired) electrons. The highest BCUT2D eigenvalue weighted by atomic mass is 16.5. The van der Waals surface area contributed by atoms with E-state index in [2.05, 4.69) is 6.92 Å². The molecule has 1 aromatic heterocycles. The van der Waals surface area contributed by atoms with Crippen LogP contribution in [-0.4, -0.2) is 22.9 Å². The van der Waals surface area contributed by atoms with Crippen molar-refractivity contribution in [2.75, 3.05) is 13.2 Å². The fourth-order valence-corrected chi connectivity index (χ4v) is 2.35. The molecule has 124 valence electrons. The van der Waals surface area contributed by atoms with Gasteiger partial charge in [-0.05, 0) is 25.5 Å². The van der Waals surface area contributed by atoms with Crippen LogP contribution in [0.15, 0.2) is 35.1 Å². The van der Waals surface area contributed by atoms with Gasteiger partial charge in [0, 0.05) is 18.5 Å². The van der Waals surface area contributed by atoms with Crippen LogP contribution in [0.3, 0.4) is 0 Å². The molecule has 5 heteroatoms. The molecule has 0 spiro atoms. The first-order valence-corrected chi connectivity index (χ1v) is 7.86. The minimum absolute atomic E-state index is 0.0229. The highest BCUT2D eigenvalue weighted by molar-refractivity contribution is 5.88. The lowest BCUT2D eigenvalue weighted by molar-refractivity contribution is 0.330. The van der Waals surface area contributed by atoms with E-state index in [1.807, 2.05) is 19.1 Å². The zero-order valence-electron chi connectivity index (χ0n) is 13.8. The fourth-order valence-electron chi connectivity index (χ4n) is 2.35. The summed E-state index contributed by atoms with van der Waals surface area (Å²) < 4.78 is 12.4. The average molecular weight is 317 g/mol. The van der Waals surface area contributed by atoms with Gasteiger partial charge < -0.3 is 19.1 Å². The first-order valence-electron chi connectivity index (χ1n) is 7.86. The van der Waals surface area contributed by atoms with Crippen LogP contribution in [0.25, 0.3) is 10.9 Å². The zero-order valence-corrected chi connectivity index (χ0v) is 13.8. The van der Waals surface area contributed by atoms with E-state index in [1.54, 1.807) is 25.2 Å². The van der Waals surface area contributed by atoms with Gasteiger partial charge in [-0.15, -0.1) is 0 Å². The maximum Gasteiger partial charge on any atom is 0.297 e. The lowest BCUT2D eigenvalue weighted by atomic mass is 10.1. The molecule has 0 fully saturated rings. The van der Waals surface area contributed by atoms with Crippen LogP contribution in [0, 0.1) is 0 Å². The Morgan fingerprint density at radius 2 is 2.00 bits per heavy atom. The first kappa shape index (κ1) is 16.9. The molecule has 0 atom stereocenters. The van der Waals surface area contributed by atoms with Crippen LogP contribution in [0.2, 0.25) is 0 Å². The number of aromatic nitrogens is 1. The third kappa shape index (κ3) is 3.67. The highest BCUT2D eigenvalue weighted by Crippen LogP contribution is 2.32. The number of aromatic hydroxyl groups is 1. The molecule has 0 amide bonds. The molecule has 0 saturated heterocycles. The number of aryl methyl sites for hydroxylation is 1. The quantitative estimate of drug-likeness (QED) is 0.795. The van der Waals surface area contributed by atoms with Crippen LogP contribution in [0.1, 0.15) is 26.7 Å². The smallest absolute Gasteiger partial charge is 0.297 e. The number of hydrogen-bond acceptors (Lipinski definition) is 4. The van der Waals surface area contributed by atoms with Gasteiger partial charge in [-0.25, -0.2) is 0 Å². The van der Waals surface area contributed by atoms with Crippen molar-refractivity contribution in [3.63, 3.8) is 0 Å². The van der Waals surface area contributed by atoms with Crippen molar-refractivity contribution in [2.45, 2.75) is 26.7 Å². The summed E-state index contributed by atoms with van der Waals surface area (Å²) in [5.41, 5.74) is 0.236. The minimum Gasteiger partial charge on any atom is -0.504 e. The van der Waals surface area contributed by atoms with E-state index in [-0.39, 0.29) is 23.7 Å². The third-order valence-corrected chi connectivity index (χ3v) is 3.56. The second kappa shape index (κ2) is 7.72. The van der Waals surface area contributed by atoms with Crippen molar-refractivity contribution >= 4 is 10.9 Å². The van der Waals surface area contributed by atoms with Crippen molar-refractivity contribution in [3.8, 4) is 17.2 Å². The fraction of sp³-hybridized carbons (Fsp3) is 0.389. The van der Waals surface area contributed by atoms with Crippen molar-refractivity contribution in [1.29, 1.82) is 0 Å². The van der Waals surface area contributed by atoms with E-state index in [4.69, 9.17) is 9.47 Å². The maximum absolute atomic E-state index is 12.4. The van der Waals surface area contributed by atoms with Crippen molar-refractivity contribution in [2.24, 2.45) is 7.05 Å². The highest BCUT2D eigenvalue weighted by Gasteiger charge is 2.16. The third-order valence-electron chi connectivity index (χ3n) is 3.56. The number of ether oxygens (including phenoxy) is 2. The Labute approximate surface area is 135 Å². The number of unbranched alkanes of at least 4 members (excludes halogenated alkanes) is 1. The number of pyridine rings is 1. The lowest BCUT2D eigenvalue weighted by Crippen LogP contribution is -2.20. The van der Waals surface area contributed by atoms with Gasteiger partial charge in [0.1, 0.15) is 12.4 Å². The Morgan fingerprint density at radius 1 is 1.22 bits per heavy atom. The number of rotatable bonds is 7. The van der Waals surface area contributed by atoms with Gasteiger partial charge in [0.05, 0.1) is 12.1 Å². The predicted octanol–water partition coefficient (Wildman–Crippen LogP) is 3.38. The minimum atomic E-state index is -0.368. The molecule has 0 aliphatic heterocycles. The lowest BCUT2D eigenvalue weighted by Gasteiger charge is -2.13. The molecule has 23 heavy (non-hydrogen) atoms. The standard InChI is InChI=1S/C18H23NO4/c1-4-6-7-8-11-23-17-16(20)14-10-9-13(22-5-2)12-15(14)19(3)18(17)21/h7-10,12,20H,4-6,11H2,1-3H3. The van der Waals surface area contributed by atoms with Gasteiger partial charge >= 0.3 is 0 Å². The molecule has 5 nitrogen and oxygen atoms in total. The Kier molecular flexibility index (Phi) is 5.68. The van der Waals surface area contributed by atoms with Gasteiger partial charge in [0.25, 0.3) is 5.56 Å². The number of fused-ring (bicyclic) bond motifs is 1. The van der Waals surface area contributed by atoms with Crippen LogP contribution < -0.4 is 15.0 Å². The van der Waals surface area contributed by atoms with E-state index < -0.39 is 0 Å². The van der Waals surface area contributed by atoms with E-state index in [0.717, 1.165) is 12.8 Å². The number of nitrogens with zero attached hydrogens (tertiary/aromatic N) is 1. The molecule has 0 unspecified atom stereocenters. The summed E-state index contributed by atoms with van der Waals surface area (Å²) in [4.78, 5) is 12.4. The predicted molar refractivity (Wildman–Crippen MR) is 91.6 cm³/mol. The summed E-state index contributed by atoms with van der Waals surface area (Å²) in [5, 5.41) is 10.9. The summed E-state index contributed by atoms with van der Waals surface area (Å²) in [5.74, 6) is 0.505. The van der Waals surface area contributed by atoms with E-state index in [0.29, 0.717) is 23.3 Å². The van der Waals surface area contributed by atoms with Crippen LogP contribution >= 0.6 is 0 Å². The van der Waals surface area contributed by atoms with E-state index >= 15 is 0 Å². The summed E-state index contributed by atoms with van der Waals surface area (Å²) in [6.45, 7) is 4.78. The molecule has 0 saturated carbocycles. The Balaban J connectivity index is 2.39. The molecule has 2 rings (SSSR count). The number of benzene rings is 1. The van der Waals surface area contributed by atoms with Gasteiger partial charge in [-0.3, -0.25) is 4.79 Å². The van der Waals surface area contributed by atoms with Crippen molar-refractivity contribution in [3.05, 3.63) is 40.7 Å². The largest absolute Gasteiger partial charge is 0.504 e. The molecule has 1 aromatic carbocycles. The summed E-state index contributed by atoms with van der Waals surface area (Å²) >= 11 is 0. The van der Waals surface area contributed by atoms with Gasteiger partial charge in [-0.1, -0.05) is 25.5 Å². The molecule has 0 aliphatic rings. The second-order valence-corrected chi connectivity index (χ2v) is 5.22. The summed E-state index contributed by atoms with van der Waals surface area (Å²) in [7, 11) is 1.65. The zero-order chi connectivity index (χ0) is 16.8. The van der Waals surface area contributed by atoms with Crippen LogP contribution in [0.4, 0.5) is 0 Å². The van der Waals surface area contributed by atoms with Gasteiger partial charge in [-0.2, -0.15) is 0 Å². The van der Waals surface area contributed by atoms with Crippen molar-refractivity contribution < 1.29 is 14.6 Å². The van der Waals surface area contributed by atoms with Crippen molar-refractivity contribution in [1.82, 2.24) is 4.57 Å². The summed E-state index contributed by atoms with van der Waals surface area (Å²) in [6, 6.07) is 5.24. The topological polar surface area (TPSA) is 60.7 Å². The van der Waals surface area contributed by atoms with Gasteiger partial charge in [0.2, 0.25) is 5.75 Å². The Bertz CT molecular complexity index is 762. The first-order chi connectivity index (χ1) is 11.1. The SMILES string of the molecule is CCCC=CCOc1c(O)c2ccc(OCC)cc2n(C)c1=O. The molecular formula is C18H23NO4. The molecule has 2 aromatic rings. The monoisotopic (exact) mass is 317 g/mol. The molecule has 1 heterocycles. The van der Waals surface area contributed by atoms with Crippen LogP contribution in [0.5, 0.6) is 17.2 Å². The molecule has 1 N–H and O–H groups in total. The van der Waals surface area contributed by atoms with Crippen LogP contribution in [-0.2, 0) is 7.05 Å². The normalized spacial score (nSPS) is 11.3. The average Bonchev–Trinajstić information content (AvgIpc) is 2.55. The Hall–Kier alpha value is -2.43.